The normalized spacial score (nSPS) is 11.3. The van der Waals surface area contributed by atoms with Gasteiger partial charge in [0.05, 0.1) is 29.5 Å². The van der Waals surface area contributed by atoms with E-state index in [0.29, 0.717) is 0 Å². The Labute approximate surface area is 133 Å². The van der Waals surface area contributed by atoms with Crippen molar-refractivity contribution in [2.24, 2.45) is 0 Å². The standard InChI is InChI=1S/C18H13N5/c1-3-14-5-6-15(22-18(14)20-11-1)7-8-16-9-12-21-23(16)17-4-2-10-19-13-17/h1-13H/b8-7+. The summed E-state index contributed by atoms with van der Waals surface area (Å²) in [4.78, 5) is 12.9. The molecule has 4 heterocycles. The molecule has 0 radical (unpaired) electrons. The molecule has 110 valence electrons. The molecule has 5 nitrogen and oxygen atoms in total. The number of hydrogen-bond donors (Lipinski definition) is 0. The molecule has 4 aromatic heterocycles. The van der Waals surface area contributed by atoms with Crippen molar-refractivity contribution < 1.29 is 0 Å². The van der Waals surface area contributed by atoms with Gasteiger partial charge >= 0.3 is 0 Å². The molecule has 0 atom stereocenters. The predicted molar refractivity (Wildman–Crippen MR) is 89.8 cm³/mol. The van der Waals surface area contributed by atoms with Crippen LogP contribution in [-0.2, 0) is 0 Å². The minimum absolute atomic E-state index is 0.746. The van der Waals surface area contributed by atoms with E-state index in [1.54, 1.807) is 24.8 Å². The summed E-state index contributed by atoms with van der Waals surface area (Å²) in [6.07, 6.45) is 11.0. The maximum atomic E-state index is 4.54. The van der Waals surface area contributed by atoms with Gasteiger partial charge in [-0.2, -0.15) is 5.10 Å². The Bertz CT molecular complexity index is 973. The van der Waals surface area contributed by atoms with Crippen molar-refractivity contribution in [3.63, 3.8) is 0 Å². The van der Waals surface area contributed by atoms with Gasteiger partial charge < -0.3 is 0 Å². The van der Waals surface area contributed by atoms with Crippen LogP contribution in [0.5, 0.6) is 0 Å². The molecule has 0 saturated carbocycles. The van der Waals surface area contributed by atoms with Crippen LogP contribution in [0.1, 0.15) is 11.4 Å². The summed E-state index contributed by atoms with van der Waals surface area (Å²) in [5.41, 5.74) is 3.48. The van der Waals surface area contributed by atoms with Gasteiger partial charge in [-0.15, -0.1) is 0 Å². The van der Waals surface area contributed by atoms with E-state index in [-0.39, 0.29) is 0 Å². The van der Waals surface area contributed by atoms with Gasteiger partial charge in [-0.05, 0) is 54.6 Å². The zero-order valence-corrected chi connectivity index (χ0v) is 12.2. The van der Waals surface area contributed by atoms with Crippen LogP contribution in [0.4, 0.5) is 0 Å². The third-order valence-electron chi connectivity index (χ3n) is 3.47. The summed E-state index contributed by atoms with van der Waals surface area (Å²) in [5.74, 6) is 0. The van der Waals surface area contributed by atoms with E-state index < -0.39 is 0 Å². The van der Waals surface area contributed by atoms with E-state index in [1.807, 2.05) is 59.3 Å². The first-order valence-electron chi connectivity index (χ1n) is 7.24. The molecular formula is C18H13N5. The van der Waals surface area contributed by atoms with Crippen molar-refractivity contribution >= 4 is 23.2 Å². The highest BCUT2D eigenvalue weighted by molar-refractivity contribution is 5.77. The summed E-state index contributed by atoms with van der Waals surface area (Å²) in [5, 5.41) is 5.37. The van der Waals surface area contributed by atoms with Crippen LogP contribution < -0.4 is 0 Å². The number of nitrogens with zero attached hydrogens (tertiary/aromatic N) is 5. The lowest BCUT2D eigenvalue weighted by molar-refractivity contribution is 0.865. The minimum atomic E-state index is 0.746. The fraction of sp³-hybridized carbons (Fsp3) is 0. The second kappa shape index (κ2) is 5.81. The lowest BCUT2D eigenvalue weighted by Gasteiger charge is -2.03. The largest absolute Gasteiger partial charge is 0.262 e. The molecule has 0 spiro atoms. The molecule has 23 heavy (non-hydrogen) atoms. The van der Waals surface area contributed by atoms with E-state index >= 15 is 0 Å². The second-order valence-electron chi connectivity index (χ2n) is 5.00. The number of aromatic nitrogens is 5. The van der Waals surface area contributed by atoms with Crippen molar-refractivity contribution in [2.45, 2.75) is 0 Å². The van der Waals surface area contributed by atoms with E-state index in [2.05, 4.69) is 20.1 Å². The highest BCUT2D eigenvalue weighted by Crippen LogP contribution is 2.14. The number of fused-ring (bicyclic) bond motifs is 1. The summed E-state index contributed by atoms with van der Waals surface area (Å²) in [6, 6.07) is 13.7. The Hall–Kier alpha value is -3.34. The van der Waals surface area contributed by atoms with Crippen molar-refractivity contribution in [2.75, 3.05) is 0 Å². The summed E-state index contributed by atoms with van der Waals surface area (Å²) in [7, 11) is 0. The zero-order chi connectivity index (χ0) is 15.5. The molecule has 0 aromatic carbocycles. The van der Waals surface area contributed by atoms with Gasteiger partial charge in [0.2, 0.25) is 0 Å². The topological polar surface area (TPSA) is 56.5 Å². The molecule has 0 fully saturated rings. The molecule has 0 aliphatic rings. The van der Waals surface area contributed by atoms with Crippen LogP contribution in [0.2, 0.25) is 0 Å². The predicted octanol–water partition coefficient (Wildman–Crippen LogP) is 3.38. The molecule has 0 aliphatic carbocycles. The van der Waals surface area contributed by atoms with Crippen LogP contribution >= 0.6 is 0 Å². The van der Waals surface area contributed by atoms with Crippen molar-refractivity contribution in [3.8, 4) is 5.69 Å². The van der Waals surface area contributed by atoms with Gasteiger partial charge in [0.25, 0.3) is 0 Å². The van der Waals surface area contributed by atoms with Crippen molar-refractivity contribution in [1.82, 2.24) is 24.7 Å². The average Bonchev–Trinajstić information content (AvgIpc) is 3.09. The molecule has 4 aromatic rings. The zero-order valence-electron chi connectivity index (χ0n) is 12.2. The lowest BCUT2D eigenvalue weighted by Crippen LogP contribution is -1.98. The van der Waals surface area contributed by atoms with Crippen LogP contribution in [0, 0.1) is 0 Å². The Balaban J connectivity index is 1.67. The molecule has 0 aliphatic heterocycles. The maximum absolute atomic E-state index is 4.54. The van der Waals surface area contributed by atoms with E-state index in [9.17, 15) is 0 Å². The molecule has 0 N–H and O–H groups in total. The molecule has 0 amide bonds. The summed E-state index contributed by atoms with van der Waals surface area (Å²) in [6.45, 7) is 0. The molecule has 4 rings (SSSR count). The van der Waals surface area contributed by atoms with Gasteiger partial charge in [-0.1, -0.05) is 0 Å². The number of rotatable bonds is 3. The average molecular weight is 299 g/mol. The lowest BCUT2D eigenvalue weighted by atomic mass is 10.2. The molecular weight excluding hydrogens is 286 g/mol. The molecule has 0 bridgehead atoms. The van der Waals surface area contributed by atoms with Crippen molar-refractivity contribution in [3.05, 3.63) is 78.6 Å². The summed E-state index contributed by atoms with van der Waals surface area (Å²) >= 11 is 0. The third kappa shape index (κ3) is 2.72. The first-order valence-corrected chi connectivity index (χ1v) is 7.24. The Morgan fingerprint density at radius 2 is 1.83 bits per heavy atom. The Kier molecular flexibility index (Phi) is 3.37. The van der Waals surface area contributed by atoms with Gasteiger partial charge in [-0.25, -0.2) is 14.6 Å². The van der Waals surface area contributed by atoms with Crippen LogP contribution in [0.3, 0.4) is 0 Å². The van der Waals surface area contributed by atoms with Crippen molar-refractivity contribution in [1.29, 1.82) is 0 Å². The highest BCUT2D eigenvalue weighted by atomic mass is 15.3. The minimum Gasteiger partial charge on any atom is -0.262 e. The van der Waals surface area contributed by atoms with Crippen LogP contribution in [0.15, 0.2) is 67.3 Å². The fourth-order valence-corrected chi connectivity index (χ4v) is 2.37. The van der Waals surface area contributed by atoms with Gasteiger partial charge in [0.1, 0.15) is 0 Å². The molecule has 0 saturated heterocycles. The summed E-state index contributed by atoms with van der Waals surface area (Å²) < 4.78 is 1.84. The second-order valence-corrected chi connectivity index (χ2v) is 5.00. The van der Waals surface area contributed by atoms with Gasteiger partial charge in [-0.3, -0.25) is 4.98 Å². The first-order chi connectivity index (χ1) is 11.4. The monoisotopic (exact) mass is 299 g/mol. The Morgan fingerprint density at radius 3 is 2.74 bits per heavy atom. The molecule has 0 unspecified atom stereocenters. The molecule has 5 heteroatoms. The fourth-order valence-electron chi connectivity index (χ4n) is 2.37. The number of pyridine rings is 3. The first kappa shape index (κ1) is 13.3. The SMILES string of the molecule is C(=C\c1ccnn1-c1cccnc1)/c1ccc2cccnc2n1. The quantitative estimate of drug-likeness (QED) is 0.582. The van der Waals surface area contributed by atoms with Gasteiger partial charge in [0, 0.05) is 17.8 Å². The van der Waals surface area contributed by atoms with E-state index in [4.69, 9.17) is 0 Å². The third-order valence-corrected chi connectivity index (χ3v) is 3.47. The Morgan fingerprint density at radius 1 is 0.870 bits per heavy atom. The number of hydrogen-bond acceptors (Lipinski definition) is 4. The van der Waals surface area contributed by atoms with Crippen LogP contribution in [0.25, 0.3) is 28.9 Å². The van der Waals surface area contributed by atoms with E-state index in [1.165, 1.54) is 0 Å². The van der Waals surface area contributed by atoms with E-state index in [0.717, 1.165) is 28.1 Å². The van der Waals surface area contributed by atoms with Gasteiger partial charge in [0.15, 0.2) is 5.65 Å². The smallest absolute Gasteiger partial charge is 0.159 e. The maximum Gasteiger partial charge on any atom is 0.159 e. The highest BCUT2D eigenvalue weighted by Gasteiger charge is 2.02. The van der Waals surface area contributed by atoms with Crippen LogP contribution in [-0.4, -0.2) is 24.7 Å².